The van der Waals surface area contributed by atoms with E-state index < -0.39 is 42.1 Å². The smallest absolute Gasteiger partial charge is 0.403 e. The van der Waals surface area contributed by atoms with E-state index in [0.717, 1.165) is 17.7 Å². The minimum absolute atomic E-state index is 0.0906. The summed E-state index contributed by atoms with van der Waals surface area (Å²) in [7, 11) is 0. The molecule has 2 amide bonds. The summed E-state index contributed by atoms with van der Waals surface area (Å²) in [6, 6.07) is 10.6. The van der Waals surface area contributed by atoms with Gasteiger partial charge in [-0.1, -0.05) is 50.2 Å². The molecular weight excluding hydrogens is 430 g/mol. The molecule has 6 nitrogen and oxygen atoms in total. The molecule has 1 fully saturated rings. The van der Waals surface area contributed by atoms with Gasteiger partial charge in [0.1, 0.15) is 6.17 Å². The number of ether oxygens (including phenoxy) is 1. The number of nitrogens with one attached hydrogen (secondary N) is 3. The van der Waals surface area contributed by atoms with Crippen molar-refractivity contribution in [2.45, 2.75) is 44.9 Å². The van der Waals surface area contributed by atoms with E-state index in [1.165, 1.54) is 6.07 Å². The molecule has 1 aliphatic heterocycles. The van der Waals surface area contributed by atoms with Gasteiger partial charge in [0.05, 0.1) is 18.5 Å². The Hall–Kier alpha value is -3.14. The highest BCUT2D eigenvalue weighted by Gasteiger charge is 2.34. The molecule has 3 rings (SSSR count). The van der Waals surface area contributed by atoms with Crippen molar-refractivity contribution in [3.05, 3.63) is 65.5 Å². The zero-order valence-corrected chi connectivity index (χ0v) is 17.4. The highest BCUT2D eigenvalue weighted by atomic mass is 19.4. The van der Waals surface area contributed by atoms with Crippen LogP contribution in [0, 0.1) is 11.7 Å². The summed E-state index contributed by atoms with van der Waals surface area (Å²) >= 11 is 0. The predicted octanol–water partition coefficient (Wildman–Crippen LogP) is 3.71. The van der Waals surface area contributed by atoms with Crippen LogP contribution in [0.5, 0.6) is 5.75 Å². The van der Waals surface area contributed by atoms with E-state index >= 15 is 0 Å². The van der Waals surface area contributed by atoms with Gasteiger partial charge in [0.2, 0.25) is 11.8 Å². The normalized spacial score (nSPS) is 19.9. The molecule has 1 saturated heterocycles. The van der Waals surface area contributed by atoms with Crippen LogP contribution in [0.25, 0.3) is 0 Å². The van der Waals surface area contributed by atoms with Crippen LogP contribution in [-0.4, -0.2) is 24.2 Å². The molecule has 2 unspecified atom stereocenters. The molecule has 1 aliphatic rings. The Kier molecular flexibility index (Phi) is 7.02. The first kappa shape index (κ1) is 23.5. The zero-order valence-electron chi connectivity index (χ0n) is 17.4. The maximum atomic E-state index is 14.2. The molecule has 32 heavy (non-hydrogen) atoms. The van der Waals surface area contributed by atoms with E-state index in [1.54, 1.807) is 13.8 Å². The lowest BCUT2D eigenvalue weighted by molar-refractivity contribution is -0.275. The van der Waals surface area contributed by atoms with Crippen LogP contribution in [0.1, 0.15) is 43.6 Å². The molecular formula is C22H23F4N3O3. The Bertz CT molecular complexity index is 967. The average molecular weight is 453 g/mol. The third-order valence-electron chi connectivity index (χ3n) is 5.02. The Morgan fingerprint density at radius 2 is 1.84 bits per heavy atom. The predicted molar refractivity (Wildman–Crippen MR) is 108 cm³/mol. The largest absolute Gasteiger partial charge is 0.573 e. The Labute approximate surface area is 182 Å². The molecule has 0 spiro atoms. The zero-order chi connectivity index (χ0) is 23.5. The summed E-state index contributed by atoms with van der Waals surface area (Å²) in [4.78, 5) is 25.1. The second kappa shape index (κ2) is 9.56. The number of rotatable bonds is 6. The Balaban J connectivity index is 1.75. The van der Waals surface area contributed by atoms with Crippen molar-refractivity contribution in [1.82, 2.24) is 16.0 Å². The van der Waals surface area contributed by atoms with Gasteiger partial charge in [0.15, 0.2) is 11.6 Å². The number of benzene rings is 2. The highest BCUT2D eigenvalue weighted by molar-refractivity contribution is 5.90. The molecule has 3 N–H and O–H groups in total. The molecule has 2 aromatic carbocycles. The third-order valence-corrected chi connectivity index (χ3v) is 5.02. The van der Waals surface area contributed by atoms with Gasteiger partial charge in [-0.05, 0) is 29.2 Å². The number of hydrogen-bond donors (Lipinski definition) is 3. The minimum Gasteiger partial charge on any atom is -0.403 e. The quantitative estimate of drug-likeness (QED) is 0.583. The fraction of sp³-hybridized carbons (Fsp3) is 0.364. The number of amides is 2. The van der Waals surface area contributed by atoms with Crippen molar-refractivity contribution in [3.8, 4) is 5.75 Å². The van der Waals surface area contributed by atoms with Crippen LogP contribution < -0.4 is 20.7 Å². The Morgan fingerprint density at radius 3 is 2.44 bits per heavy atom. The average Bonchev–Trinajstić information content (AvgIpc) is 2.72. The standard InChI is InChI=1S/C22H23F4N3O3/c1-12(2)19(14-8-9-17(15(23)10-14)32-22(24,25)26)29-21(31)16-11-18(30)28-20(27-16)13-6-4-3-5-7-13/h3-10,12,16,19-20,27H,11H2,1-2H3,(H,28,30)(H,29,31)/t16?,19-,20?/m1/s1. The lowest BCUT2D eigenvalue weighted by atomic mass is 9.95. The van der Waals surface area contributed by atoms with Crippen molar-refractivity contribution in [1.29, 1.82) is 0 Å². The molecule has 0 radical (unpaired) electrons. The van der Waals surface area contributed by atoms with Crippen LogP contribution in [0.15, 0.2) is 48.5 Å². The van der Waals surface area contributed by atoms with Gasteiger partial charge >= 0.3 is 6.36 Å². The summed E-state index contributed by atoms with van der Waals surface area (Å²) in [5.41, 5.74) is 1.06. The van der Waals surface area contributed by atoms with E-state index in [0.29, 0.717) is 0 Å². The maximum absolute atomic E-state index is 14.2. The van der Waals surface area contributed by atoms with Gasteiger partial charge in [-0.3, -0.25) is 14.9 Å². The van der Waals surface area contributed by atoms with Crippen molar-refractivity contribution >= 4 is 11.8 Å². The summed E-state index contributed by atoms with van der Waals surface area (Å²) in [5.74, 6) is -3.14. The van der Waals surface area contributed by atoms with Crippen LogP contribution in [0.3, 0.4) is 0 Å². The molecule has 3 atom stereocenters. The number of carbonyl (C=O) groups is 2. The van der Waals surface area contributed by atoms with E-state index in [-0.39, 0.29) is 23.8 Å². The molecule has 2 aromatic rings. The van der Waals surface area contributed by atoms with Crippen molar-refractivity contribution in [2.24, 2.45) is 5.92 Å². The van der Waals surface area contributed by atoms with Crippen molar-refractivity contribution < 1.29 is 31.9 Å². The fourth-order valence-electron chi connectivity index (χ4n) is 3.51. The number of alkyl halides is 3. The van der Waals surface area contributed by atoms with Crippen LogP contribution in [0.4, 0.5) is 17.6 Å². The molecule has 0 saturated carbocycles. The molecule has 0 aliphatic carbocycles. The molecule has 10 heteroatoms. The summed E-state index contributed by atoms with van der Waals surface area (Å²) < 4.78 is 55.0. The molecule has 0 aromatic heterocycles. The summed E-state index contributed by atoms with van der Waals surface area (Å²) in [5, 5.41) is 8.63. The van der Waals surface area contributed by atoms with Gasteiger partial charge in [0.25, 0.3) is 0 Å². The van der Waals surface area contributed by atoms with Gasteiger partial charge < -0.3 is 15.4 Å². The van der Waals surface area contributed by atoms with E-state index in [9.17, 15) is 27.2 Å². The SMILES string of the molecule is CC(C)[C@@H](NC(=O)C1CC(=O)NC(c2ccccc2)N1)c1ccc(OC(F)(F)F)c(F)c1. The molecule has 172 valence electrons. The fourth-order valence-corrected chi connectivity index (χ4v) is 3.51. The molecule has 0 bridgehead atoms. The first-order chi connectivity index (χ1) is 15.0. The summed E-state index contributed by atoms with van der Waals surface area (Å²) in [6.45, 7) is 3.55. The van der Waals surface area contributed by atoms with Gasteiger partial charge in [-0.25, -0.2) is 4.39 Å². The number of carbonyl (C=O) groups excluding carboxylic acids is 2. The topological polar surface area (TPSA) is 79.5 Å². The molecule has 1 heterocycles. The second-order valence-corrected chi connectivity index (χ2v) is 7.80. The van der Waals surface area contributed by atoms with Crippen molar-refractivity contribution in [2.75, 3.05) is 0 Å². The highest BCUT2D eigenvalue weighted by Crippen LogP contribution is 2.30. The minimum atomic E-state index is -5.02. The Morgan fingerprint density at radius 1 is 1.16 bits per heavy atom. The van der Waals surface area contributed by atoms with Crippen molar-refractivity contribution in [3.63, 3.8) is 0 Å². The van der Waals surface area contributed by atoms with Crippen LogP contribution in [0.2, 0.25) is 0 Å². The van der Waals surface area contributed by atoms with Crippen LogP contribution >= 0.6 is 0 Å². The maximum Gasteiger partial charge on any atom is 0.573 e. The third kappa shape index (κ3) is 5.97. The summed E-state index contributed by atoms with van der Waals surface area (Å²) in [6.07, 6.45) is -5.66. The number of halogens is 4. The second-order valence-electron chi connectivity index (χ2n) is 7.80. The number of hydrogen-bond acceptors (Lipinski definition) is 4. The first-order valence-electron chi connectivity index (χ1n) is 9.99. The lowest BCUT2D eigenvalue weighted by Gasteiger charge is -2.33. The monoisotopic (exact) mass is 453 g/mol. The first-order valence-corrected chi connectivity index (χ1v) is 9.99. The van der Waals surface area contributed by atoms with Gasteiger partial charge in [-0.2, -0.15) is 0 Å². The van der Waals surface area contributed by atoms with Gasteiger partial charge in [-0.15, -0.1) is 13.2 Å². The van der Waals surface area contributed by atoms with E-state index in [1.807, 2.05) is 30.3 Å². The van der Waals surface area contributed by atoms with Crippen LogP contribution in [-0.2, 0) is 9.59 Å². The lowest BCUT2D eigenvalue weighted by Crippen LogP contribution is -2.56. The van der Waals surface area contributed by atoms with E-state index in [4.69, 9.17) is 0 Å². The van der Waals surface area contributed by atoms with E-state index in [2.05, 4.69) is 20.7 Å². The van der Waals surface area contributed by atoms with Gasteiger partial charge in [0, 0.05) is 0 Å².